The van der Waals surface area contributed by atoms with Crippen LogP contribution in [-0.2, 0) is 28.2 Å². The predicted octanol–water partition coefficient (Wildman–Crippen LogP) is 4.92. The molecule has 6 rings (SSSR count). The van der Waals surface area contributed by atoms with Crippen molar-refractivity contribution in [3.63, 3.8) is 0 Å². The monoisotopic (exact) mass is 699 g/mol. The number of rotatable bonds is 5. The van der Waals surface area contributed by atoms with E-state index in [4.69, 9.17) is 10.5 Å². The van der Waals surface area contributed by atoms with Crippen LogP contribution in [0.4, 0.5) is 37.8 Å². The average molecular weight is 700 g/mol. The van der Waals surface area contributed by atoms with E-state index in [2.05, 4.69) is 21.8 Å². The van der Waals surface area contributed by atoms with Gasteiger partial charge in [0.2, 0.25) is 0 Å². The summed E-state index contributed by atoms with van der Waals surface area (Å²) in [5.41, 5.74) is 0.0329. The van der Waals surface area contributed by atoms with Crippen LogP contribution in [-0.4, -0.2) is 72.3 Å². The molecule has 0 spiro atoms. The molecule has 5 heterocycles. The minimum Gasteiger partial charge on any atom is -0.461 e. The Morgan fingerprint density at radius 3 is 2.60 bits per heavy atom. The van der Waals surface area contributed by atoms with Gasteiger partial charge in [0.05, 0.1) is 39.1 Å². The fourth-order valence-electron chi connectivity index (χ4n) is 7.63. The highest BCUT2D eigenvalue weighted by Crippen LogP contribution is 2.48. The molecule has 3 N–H and O–H groups in total. The van der Waals surface area contributed by atoms with Crippen LogP contribution in [0.2, 0.25) is 0 Å². The summed E-state index contributed by atoms with van der Waals surface area (Å²) >= 11 is 0. The molecule has 1 aromatic heterocycles. The molecule has 16 heteroatoms. The van der Waals surface area contributed by atoms with E-state index >= 15 is 4.39 Å². The standard InChI is InChI=1S/C32H35F6N5O4S/c1-3-6-18-11-21(39)26(33)24(25(18)32(36,37)38)23-12-22-20(15-48(23,45)46)28(42-9-4-7-30(2,44)16-42)41-29(40-22)47-17-31-8-5-10-43(31)14-19(13-31)27(34)35/h11,23,44H,4-5,7-10,12-17,39H2,1-2H3/t23-,30+,31-/m0/s1. The first-order chi connectivity index (χ1) is 22.4. The van der Waals surface area contributed by atoms with Crippen molar-refractivity contribution in [2.45, 2.75) is 80.7 Å². The lowest BCUT2D eigenvalue weighted by molar-refractivity contribution is -0.138. The Hall–Kier alpha value is -3.55. The Kier molecular flexibility index (Phi) is 8.65. The minimum absolute atomic E-state index is 0.0192. The van der Waals surface area contributed by atoms with Gasteiger partial charge in [-0.2, -0.15) is 31.9 Å². The smallest absolute Gasteiger partial charge is 0.418 e. The minimum atomic E-state index is -5.18. The molecule has 0 aliphatic carbocycles. The number of piperidine rings is 1. The highest BCUT2D eigenvalue weighted by Gasteiger charge is 2.49. The van der Waals surface area contributed by atoms with Crippen molar-refractivity contribution < 1.29 is 44.6 Å². The molecule has 0 amide bonds. The van der Waals surface area contributed by atoms with Gasteiger partial charge in [-0.05, 0) is 58.6 Å². The van der Waals surface area contributed by atoms with Crippen LogP contribution in [0.1, 0.15) is 79.1 Å². The summed E-state index contributed by atoms with van der Waals surface area (Å²) in [5, 5.41) is 8.82. The van der Waals surface area contributed by atoms with Crippen LogP contribution < -0.4 is 15.4 Å². The fourth-order valence-corrected chi connectivity index (χ4v) is 9.52. The second kappa shape index (κ2) is 12.1. The number of nitrogen functional groups attached to an aromatic ring is 1. The van der Waals surface area contributed by atoms with E-state index in [0.29, 0.717) is 32.4 Å². The molecule has 0 radical (unpaired) electrons. The van der Waals surface area contributed by atoms with Crippen molar-refractivity contribution in [3.8, 4) is 17.9 Å². The number of fused-ring (bicyclic) bond motifs is 2. The first-order valence-corrected chi connectivity index (χ1v) is 17.3. The molecular formula is C32H35F6N5O4S. The first kappa shape index (κ1) is 34.3. The Labute approximate surface area is 274 Å². The van der Waals surface area contributed by atoms with E-state index in [-0.39, 0.29) is 54.8 Å². The number of aliphatic hydroxyl groups is 1. The summed E-state index contributed by atoms with van der Waals surface area (Å²) in [6.07, 6.45) is -5.14. The van der Waals surface area contributed by atoms with Gasteiger partial charge >= 0.3 is 12.2 Å². The molecule has 9 nitrogen and oxygen atoms in total. The summed E-state index contributed by atoms with van der Waals surface area (Å²) in [4.78, 5) is 12.6. The number of anilines is 2. The highest BCUT2D eigenvalue weighted by molar-refractivity contribution is 7.91. The van der Waals surface area contributed by atoms with Crippen LogP contribution in [0.25, 0.3) is 0 Å². The number of hydrogen-bond acceptors (Lipinski definition) is 9. The maximum absolute atomic E-state index is 15.7. The molecule has 1 aromatic carbocycles. The zero-order valence-electron chi connectivity index (χ0n) is 26.4. The maximum Gasteiger partial charge on any atom is 0.418 e. The number of nitrogens with zero attached hydrogens (tertiary/aromatic N) is 4. The number of alkyl halides is 3. The second-order valence-electron chi connectivity index (χ2n) is 13.3. The predicted molar refractivity (Wildman–Crippen MR) is 164 cm³/mol. The molecule has 3 saturated heterocycles. The number of β-amino-alcohol motifs (C(OH)–C–C–N with tert-alkyl or cyclic N) is 1. The lowest BCUT2D eigenvalue weighted by Gasteiger charge is -2.39. The molecule has 260 valence electrons. The van der Waals surface area contributed by atoms with E-state index in [1.165, 1.54) is 6.92 Å². The van der Waals surface area contributed by atoms with Crippen molar-refractivity contribution in [1.82, 2.24) is 14.9 Å². The number of benzene rings is 1. The summed E-state index contributed by atoms with van der Waals surface area (Å²) in [6.45, 7) is 3.98. The quantitative estimate of drug-likeness (QED) is 0.255. The van der Waals surface area contributed by atoms with Crippen molar-refractivity contribution >= 4 is 21.3 Å². The van der Waals surface area contributed by atoms with Gasteiger partial charge in [-0.15, -0.1) is 5.92 Å². The molecule has 0 unspecified atom stereocenters. The Balaban J connectivity index is 1.46. The van der Waals surface area contributed by atoms with Gasteiger partial charge in [0, 0.05) is 48.3 Å². The zero-order valence-corrected chi connectivity index (χ0v) is 27.2. The average Bonchev–Trinajstić information content (AvgIpc) is 3.54. The van der Waals surface area contributed by atoms with Crippen molar-refractivity contribution in [1.29, 1.82) is 0 Å². The molecule has 4 aliphatic heterocycles. The third kappa shape index (κ3) is 6.20. The number of hydrogen-bond donors (Lipinski definition) is 2. The van der Waals surface area contributed by atoms with E-state index in [1.54, 1.807) is 11.8 Å². The Morgan fingerprint density at radius 2 is 1.94 bits per heavy atom. The van der Waals surface area contributed by atoms with Crippen LogP contribution in [0.15, 0.2) is 17.7 Å². The van der Waals surface area contributed by atoms with Crippen LogP contribution in [0.5, 0.6) is 6.01 Å². The first-order valence-electron chi connectivity index (χ1n) is 15.6. The molecule has 3 atom stereocenters. The molecule has 4 aliphatic rings. The van der Waals surface area contributed by atoms with Crippen LogP contribution in [0.3, 0.4) is 0 Å². The third-order valence-corrected chi connectivity index (χ3v) is 11.7. The number of ether oxygens (including phenoxy) is 1. The highest BCUT2D eigenvalue weighted by atomic mass is 32.2. The topological polar surface area (TPSA) is 122 Å². The van der Waals surface area contributed by atoms with Crippen molar-refractivity contribution in [2.24, 2.45) is 0 Å². The molecule has 3 fully saturated rings. The van der Waals surface area contributed by atoms with Gasteiger partial charge in [-0.3, -0.25) is 4.90 Å². The summed E-state index contributed by atoms with van der Waals surface area (Å²) < 4.78 is 120. The summed E-state index contributed by atoms with van der Waals surface area (Å²) in [7, 11) is -4.54. The fraction of sp³-hybridized carbons (Fsp3) is 0.562. The Morgan fingerprint density at radius 1 is 1.21 bits per heavy atom. The second-order valence-corrected chi connectivity index (χ2v) is 15.5. The number of halogens is 6. The summed E-state index contributed by atoms with van der Waals surface area (Å²) in [5.74, 6) is 2.42. The van der Waals surface area contributed by atoms with Gasteiger partial charge in [-0.25, -0.2) is 12.8 Å². The maximum atomic E-state index is 15.7. The molecule has 2 aromatic rings. The summed E-state index contributed by atoms with van der Waals surface area (Å²) in [6, 6.07) is 0.508. The Bertz CT molecular complexity index is 1850. The SMILES string of the molecule is CC#Cc1cc(N)c(F)c([C@@H]2Cc3nc(OC[C@@]45CCCN4CC(=C(F)F)C5)nc(N4CCC[C@@](C)(O)C4)c3CS2(=O)=O)c1C(F)(F)F. The van der Waals surface area contributed by atoms with E-state index in [9.17, 15) is 35.5 Å². The molecule has 48 heavy (non-hydrogen) atoms. The molecular weight excluding hydrogens is 664 g/mol. The lowest BCUT2D eigenvalue weighted by atomic mass is 9.93. The van der Waals surface area contributed by atoms with E-state index < -0.39 is 78.9 Å². The molecule has 0 bridgehead atoms. The lowest BCUT2D eigenvalue weighted by Crippen LogP contribution is -2.47. The van der Waals surface area contributed by atoms with Gasteiger partial charge in [-0.1, -0.05) is 5.92 Å². The normalized spacial score (nSPS) is 26.9. The molecule has 0 saturated carbocycles. The van der Waals surface area contributed by atoms with E-state index in [0.717, 1.165) is 12.5 Å². The van der Waals surface area contributed by atoms with Gasteiger partial charge in [0.1, 0.15) is 12.4 Å². The number of aromatic nitrogens is 2. The van der Waals surface area contributed by atoms with Crippen LogP contribution in [0, 0.1) is 17.7 Å². The van der Waals surface area contributed by atoms with Gasteiger partial charge in [0.15, 0.2) is 15.7 Å². The van der Waals surface area contributed by atoms with Crippen molar-refractivity contribution in [2.75, 3.05) is 43.4 Å². The van der Waals surface area contributed by atoms with Gasteiger partial charge in [0.25, 0.3) is 6.08 Å². The number of sulfone groups is 1. The largest absolute Gasteiger partial charge is 0.461 e. The van der Waals surface area contributed by atoms with Crippen LogP contribution >= 0.6 is 0 Å². The third-order valence-electron chi connectivity index (χ3n) is 9.78. The van der Waals surface area contributed by atoms with E-state index in [1.807, 2.05) is 4.90 Å². The van der Waals surface area contributed by atoms with Crippen molar-refractivity contribution in [3.05, 3.63) is 51.5 Å². The van der Waals surface area contributed by atoms with Gasteiger partial charge < -0.3 is 20.5 Å². The zero-order chi connectivity index (χ0) is 34.8. The number of nitrogens with two attached hydrogens (primary N) is 1.